The molecule has 1 aromatic carbocycles. The molecule has 0 aliphatic rings. The maximum Gasteiger partial charge on any atom is 0.128 e. The van der Waals surface area contributed by atoms with Crippen LogP contribution in [0.2, 0.25) is 0 Å². The van der Waals surface area contributed by atoms with E-state index < -0.39 is 0 Å². The summed E-state index contributed by atoms with van der Waals surface area (Å²) in [5, 5.41) is 3.26. The van der Waals surface area contributed by atoms with Gasteiger partial charge < -0.3 is 10.1 Å². The number of hydrogen-bond acceptors (Lipinski definition) is 2. The molecule has 2 nitrogen and oxygen atoms in total. The summed E-state index contributed by atoms with van der Waals surface area (Å²) in [5.41, 5.74) is 0.642. The van der Waals surface area contributed by atoms with E-state index in [1.54, 1.807) is 19.2 Å². The van der Waals surface area contributed by atoms with E-state index in [0.717, 1.165) is 0 Å². The van der Waals surface area contributed by atoms with Gasteiger partial charge in [0, 0.05) is 17.6 Å². The van der Waals surface area contributed by atoms with Crippen molar-refractivity contribution in [2.75, 3.05) is 7.11 Å². The number of halogens is 1. The summed E-state index contributed by atoms with van der Waals surface area (Å²) in [6, 6.07) is 5.11. The van der Waals surface area contributed by atoms with E-state index in [2.05, 4.69) is 5.32 Å². The molecule has 0 aromatic heterocycles. The van der Waals surface area contributed by atoms with Crippen LogP contribution in [0.5, 0.6) is 5.75 Å². The molecule has 0 spiro atoms. The second-order valence-electron chi connectivity index (χ2n) is 3.93. The summed E-state index contributed by atoms with van der Waals surface area (Å²) in [6.07, 6.45) is 0. The van der Waals surface area contributed by atoms with Crippen molar-refractivity contribution < 1.29 is 9.13 Å². The van der Waals surface area contributed by atoms with Gasteiger partial charge in [0.25, 0.3) is 0 Å². The topological polar surface area (TPSA) is 21.3 Å². The van der Waals surface area contributed by atoms with Crippen LogP contribution < -0.4 is 10.1 Å². The molecule has 1 atom stereocenters. The molecule has 0 heterocycles. The molecule has 0 amide bonds. The van der Waals surface area contributed by atoms with E-state index in [0.29, 0.717) is 17.4 Å². The van der Waals surface area contributed by atoms with Gasteiger partial charge in [0.15, 0.2) is 0 Å². The average Bonchev–Trinajstić information content (AvgIpc) is 2.17. The fraction of sp³-hybridized carbons (Fsp3) is 0.500. The van der Waals surface area contributed by atoms with E-state index in [9.17, 15) is 4.39 Å². The normalized spacial score (nSPS) is 12.9. The number of rotatable bonds is 4. The van der Waals surface area contributed by atoms with E-state index in [1.807, 2.05) is 20.8 Å². The molecule has 0 bridgehead atoms. The average molecular weight is 211 g/mol. The highest BCUT2D eigenvalue weighted by Gasteiger charge is 2.12. The molecule has 1 rings (SSSR count). The highest BCUT2D eigenvalue weighted by molar-refractivity contribution is 5.31. The van der Waals surface area contributed by atoms with Gasteiger partial charge in [0.2, 0.25) is 0 Å². The first-order valence-electron chi connectivity index (χ1n) is 5.14. The largest absolute Gasteiger partial charge is 0.497 e. The predicted molar refractivity (Wildman–Crippen MR) is 59.6 cm³/mol. The summed E-state index contributed by atoms with van der Waals surface area (Å²) in [4.78, 5) is 0. The minimum atomic E-state index is -0.198. The van der Waals surface area contributed by atoms with Crippen LogP contribution in [0, 0.1) is 5.82 Å². The number of ether oxygens (including phenoxy) is 1. The lowest BCUT2D eigenvalue weighted by Crippen LogP contribution is -2.26. The first kappa shape index (κ1) is 12.0. The fourth-order valence-electron chi connectivity index (χ4n) is 1.57. The molecule has 15 heavy (non-hydrogen) atoms. The van der Waals surface area contributed by atoms with Crippen LogP contribution in [0.15, 0.2) is 18.2 Å². The van der Waals surface area contributed by atoms with Gasteiger partial charge in [0.1, 0.15) is 11.6 Å². The smallest absolute Gasteiger partial charge is 0.128 e. The van der Waals surface area contributed by atoms with Crippen molar-refractivity contribution in [3.05, 3.63) is 29.6 Å². The Hall–Kier alpha value is -1.09. The molecule has 0 fully saturated rings. The van der Waals surface area contributed by atoms with Gasteiger partial charge in [-0.05, 0) is 25.1 Å². The first-order valence-corrected chi connectivity index (χ1v) is 5.14. The Morgan fingerprint density at radius 3 is 2.47 bits per heavy atom. The summed E-state index contributed by atoms with van der Waals surface area (Å²) in [5.74, 6) is 0.486. The second-order valence-corrected chi connectivity index (χ2v) is 3.93. The van der Waals surface area contributed by atoms with Crippen molar-refractivity contribution >= 4 is 0 Å². The summed E-state index contributed by atoms with van der Waals surface area (Å²) in [7, 11) is 1.58. The van der Waals surface area contributed by atoms with Crippen molar-refractivity contribution in [2.24, 2.45) is 0 Å². The lowest BCUT2D eigenvalue weighted by molar-refractivity contribution is 0.409. The van der Waals surface area contributed by atoms with Crippen molar-refractivity contribution in [1.29, 1.82) is 0 Å². The highest BCUT2D eigenvalue weighted by atomic mass is 19.1. The molecular formula is C12H18FNO. The third-order valence-corrected chi connectivity index (χ3v) is 2.25. The van der Waals surface area contributed by atoms with Crippen molar-refractivity contribution in [3.8, 4) is 5.75 Å². The molecule has 0 aliphatic heterocycles. The Kier molecular flexibility index (Phi) is 4.09. The van der Waals surface area contributed by atoms with Crippen LogP contribution in [0.25, 0.3) is 0 Å². The molecule has 84 valence electrons. The second kappa shape index (κ2) is 5.12. The minimum absolute atomic E-state index is 0.0138. The molecule has 1 N–H and O–H groups in total. The van der Waals surface area contributed by atoms with Crippen molar-refractivity contribution in [2.45, 2.75) is 32.9 Å². The lowest BCUT2D eigenvalue weighted by atomic mass is 10.1. The molecule has 1 aromatic rings. The Labute approximate surface area is 90.4 Å². The van der Waals surface area contributed by atoms with E-state index in [4.69, 9.17) is 4.74 Å². The lowest BCUT2D eigenvalue weighted by Gasteiger charge is -2.18. The molecule has 1 unspecified atom stereocenters. The third kappa shape index (κ3) is 3.20. The third-order valence-electron chi connectivity index (χ3n) is 2.25. The standard InChI is InChI=1S/C12H18FNO/c1-8(2)14-9(3)11-7-10(15-4)5-6-12(11)13/h5-9,14H,1-4H3. The van der Waals surface area contributed by atoms with Gasteiger partial charge in [-0.3, -0.25) is 0 Å². The Balaban J connectivity index is 2.91. The molecule has 0 radical (unpaired) electrons. The number of hydrogen-bond donors (Lipinski definition) is 1. The van der Waals surface area contributed by atoms with Crippen LogP contribution in [-0.4, -0.2) is 13.2 Å². The van der Waals surface area contributed by atoms with Crippen LogP contribution in [-0.2, 0) is 0 Å². The number of methoxy groups -OCH3 is 1. The zero-order valence-electron chi connectivity index (χ0n) is 9.67. The molecule has 0 saturated heterocycles. The van der Waals surface area contributed by atoms with E-state index in [-0.39, 0.29) is 11.9 Å². The number of benzene rings is 1. The SMILES string of the molecule is COc1ccc(F)c(C(C)NC(C)C)c1. The highest BCUT2D eigenvalue weighted by Crippen LogP contribution is 2.22. The van der Waals surface area contributed by atoms with Gasteiger partial charge in [-0.25, -0.2) is 4.39 Å². The van der Waals surface area contributed by atoms with E-state index >= 15 is 0 Å². The van der Waals surface area contributed by atoms with Gasteiger partial charge in [-0.15, -0.1) is 0 Å². The Bertz CT molecular complexity index is 325. The monoisotopic (exact) mass is 211 g/mol. The van der Waals surface area contributed by atoms with Gasteiger partial charge in [-0.2, -0.15) is 0 Å². The molecule has 0 saturated carbocycles. The minimum Gasteiger partial charge on any atom is -0.497 e. The van der Waals surface area contributed by atoms with Gasteiger partial charge in [0.05, 0.1) is 7.11 Å². The van der Waals surface area contributed by atoms with E-state index in [1.165, 1.54) is 6.07 Å². The van der Waals surface area contributed by atoms with Crippen molar-refractivity contribution in [1.82, 2.24) is 5.32 Å². The predicted octanol–water partition coefficient (Wildman–Crippen LogP) is 2.89. The first-order chi connectivity index (χ1) is 7.04. The quantitative estimate of drug-likeness (QED) is 0.826. The van der Waals surface area contributed by atoms with Gasteiger partial charge >= 0.3 is 0 Å². The molecule has 0 aliphatic carbocycles. The molecule has 3 heteroatoms. The Morgan fingerprint density at radius 1 is 1.27 bits per heavy atom. The van der Waals surface area contributed by atoms with Crippen LogP contribution in [0.3, 0.4) is 0 Å². The zero-order chi connectivity index (χ0) is 11.4. The summed E-state index contributed by atoms with van der Waals surface area (Å²) < 4.78 is 18.6. The van der Waals surface area contributed by atoms with Crippen LogP contribution in [0.1, 0.15) is 32.4 Å². The number of nitrogens with one attached hydrogen (secondary N) is 1. The fourth-order valence-corrected chi connectivity index (χ4v) is 1.57. The van der Waals surface area contributed by atoms with Gasteiger partial charge in [-0.1, -0.05) is 13.8 Å². The summed E-state index contributed by atoms with van der Waals surface area (Å²) >= 11 is 0. The van der Waals surface area contributed by atoms with Crippen molar-refractivity contribution in [3.63, 3.8) is 0 Å². The zero-order valence-corrected chi connectivity index (χ0v) is 9.67. The Morgan fingerprint density at radius 2 is 1.93 bits per heavy atom. The summed E-state index contributed by atoms with van der Waals surface area (Å²) in [6.45, 7) is 6.01. The maximum absolute atomic E-state index is 13.5. The molecular weight excluding hydrogens is 193 g/mol. The van der Waals surface area contributed by atoms with Crippen LogP contribution >= 0.6 is 0 Å². The van der Waals surface area contributed by atoms with Crippen LogP contribution in [0.4, 0.5) is 4.39 Å². The maximum atomic E-state index is 13.5.